The van der Waals surface area contributed by atoms with Crippen molar-refractivity contribution >= 4 is 34.7 Å². The Balaban J connectivity index is 1.34. The van der Waals surface area contributed by atoms with Crippen molar-refractivity contribution in [3.05, 3.63) is 65.3 Å². The number of aliphatic carboxylic acids is 1. The second kappa shape index (κ2) is 10.1. The molecule has 4 rings (SSSR count). The standard InChI is InChI=1S/C25H26F2N4O3S/c1-25(2,23(32)33)31-11-9-16(10-12-31)22-28-14-21(35-22)15-3-6-18(7-4-15)29-24(34)30-20-8-5-17(26)13-19(20)27/h3-8,13-14,16H,9-12H2,1-2H3,(H,32,33)(H2,29,30,34). The first-order chi connectivity index (χ1) is 16.6. The lowest BCUT2D eigenvalue weighted by Gasteiger charge is -2.39. The van der Waals surface area contributed by atoms with Crippen molar-refractivity contribution in [2.24, 2.45) is 0 Å². The summed E-state index contributed by atoms with van der Waals surface area (Å²) in [4.78, 5) is 31.3. The van der Waals surface area contributed by atoms with Crippen LogP contribution < -0.4 is 10.6 Å². The van der Waals surface area contributed by atoms with E-state index in [1.54, 1.807) is 37.3 Å². The quantitative estimate of drug-likeness (QED) is 0.399. The number of nitrogens with one attached hydrogen (secondary N) is 2. The van der Waals surface area contributed by atoms with Gasteiger partial charge in [-0.15, -0.1) is 11.3 Å². The lowest BCUT2D eigenvalue weighted by atomic mass is 9.92. The molecule has 2 amide bonds. The number of nitrogens with zero attached hydrogens (tertiary/aromatic N) is 2. The first-order valence-electron chi connectivity index (χ1n) is 11.2. The molecule has 0 unspecified atom stereocenters. The number of carboxylic acid groups (broad SMARTS) is 1. The number of thiazole rings is 1. The molecule has 0 aliphatic carbocycles. The fourth-order valence-electron chi connectivity index (χ4n) is 4.02. The zero-order chi connectivity index (χ0) is 25.2. The molecular weight excluding hydrogens is 474 g/mol. The summed E-state index contributed by atoms with van der Waals surface area (Å²) < 4.78 is 26.7. The van der Waals surface area contributed by atoms with Gasteiger partial charge in [-0.3, -0.25) is 9.69 Å². The van der Waals surface area contributed by atoms with E-state index in [1.165, 1.54) is 0 Å². The number of carbonyl (C=O) groups is 2. The van der Waals surface area contributed by atoms with Gasteiger partial charge in [-0.25, -0.2) is 18.6 Å². The fourth-order valence-corrected chi connectivity index (χ4v) is 5.12. The molecule has 0 radical (unpaired) electrons. The van der Waals surface area contributed by atoms with Gasteiger partial charge in [0.1, 0.15) is 17.2 Å². The minimum Gasteiger partial charge on any atom is -0.480 e. The van der Waals surface area contributed by atoms with Gasteiger partial charge in [0.25, 0.3) is 0 Å². The summed E-state index contributed by atoms with van der Waals surface area (Å²) in [5, 5.41) is 15.5. The summed E-state index contributed by atoms with van der Waals surface area (Å²) in [6.45, 7) is 4.90. The van der Waals surface area contributed by atoms with E-state index < -0.39 is 29.2 Å². The first kappa shape index (κ1) is 24.7. The molecule has 7 nitrogen and oxygen atoms in total. The van der Waals surface area contributed by atoms with Crippen LogP contribution in [-0.4, -0.2) is 45.6 Å². The molecule has 0 saturated carbocycles. The monoisotopic (exact) mass is 500 g/mol. The second-order valence-electron chi connectivity index (χ2n) is 8.97. The highest BCUT2D eigenvalue weighted by molar-refractivity contribution is 7.15. The number of halogens is 2. The van der Waals surface area contributed by atoms with Gasteiger partial charge in [0.15, 0.2) is 0 Å². The SMILES string of the molecule is CC(C)(C(=O)O)N1CCC(c2ncc(-c3ccc(NC(=O)Nc4ccc(F)cc4F)cc3)s2)CC1. The third-order valence-corrected chi connectivity index (χ3v) is 7.50. The zero-order valence-electron chi connectivity index (χ0n) is 19.3. The van der Waals surface area contributed by atoms with Crippen LogP contribution in [0, 0.1) is 11.6 Å². The van der Waals surface area contributed by atoms with E-state index in [0.29, 0.717) is 30.8 Å². The Hall–Kier alpha value is -3.37. The number of hydrogen-bond acceptors (Lipinski definition) is 5. The van der Waals surface area contributed by atoms with E-state index in [2.05, 4.69) is 15.6 Å². The fraction of sp³-hybridized carbons (Fsp3) is 0.320. The lowest BCUT2D eigenvalue weighted by Crippen LogP contribution is -2.52. The number of likely N-dealkylation sites (tertiary alicyclic amines) is 1. The van der Waals surface area contributed by atoms with E-state index in [0.717, 1.165) is 40.4 Å². The molecule has 35 heavy (non-hydrogen) atoms. The van der Waals surface area contributed by atoms with Crippen LogP contribution >= 0.6 is 11.3 Å². The number of urea groups is 1. The van der Waals surface area contributed by atoms with Gasteiger partial charge in [0, 0.05) is 23.9 Å². The Morgan fingerprint density at radius 1 is 1.09 bits per heavy atom. The second-order valence-corrected chi connectivity index (χ2v) is 10.0. The van der Waals surface area contributed by atoms with Gasteiger partial charge in [-0.2, -0.15) is 0 Å². The molecule has 3 aromatic rings. The van der Waals surface area contributed by atoms with Crippen LogP contribution in [0.4, 0.5) is 25.0 Å². The van der Waals surface area contributed by atoms with Crippen molar-refractivity contribution in [1.29, 1.82) is 0 Å². The zero-order valence-corrected chi connectivity index (χ0v) is 20.2. The smallest absolute Gasteiger partial charge is 0.323 e. The van der Waals surface area contributed by atoms with Crippen LogP contribution in [-0.2, 0) is 4.79 Å². The summed E-state index contributed by atoms with van der Waals surface area (Å²) in [6.07, 6.45) is 3.55. The molecule has 1 fully saturated rings. The van der Waals surface area contributed by atoms with Crippen LogP contribution in [0.25, 0.3) is 10.4 Å². The number of carboxylic acids is 1. The normalized spacial score (nSPS) is 15.1. The number of aromatic nitrogens is 1. The highest BCUT2D eigenvalue weighted by atomic mass is 32.1. The number of hydrogen-bond donors (Lipinski definition) is 3. The largest absolute Gasteiger partial charge is 0.480 e. The molecule has 1 aliphatic heterocycles. The number of piperidine rings is 1. The average Bonchev–Trinajstić information content (AvgIpc) is 3.32. The molecule has 1 saturated heterocycles. The Labute approximate surface area is 205 Å². The van der Waals surface area contributed by atoms with Gasteiger partial charge in [0.2, 0.25) is 0 Å². The summed E-state index contributed by atoms with van der Waals surface area (Å²) >= 11 is 1.61. The van der Waals surface area contributed by atoms with E-state index >= 15 is 0 Å². The van der Waals surface area contributed by atoms with Crippen LogP contribution in [0.3, 0.4) is 0 Å². The Bertz CT molecular complexity index is 1220. The summed E-state index contributed by atoms with van der Waals surface area (Å²) in [6, 6.07) is 9.49. The number of amides is 2. The maximum absolute atomic E-state index is 13.7. The Morgan fingerprint density at radius 2 is 1.77 bits per heavy atom. The number of rotatable bonds is 6. The lowest BCUT2D eigenvalue weighted by molar-refractivity contribution is -0.150. The molecule has 2 aromatic carbocycles. The molecule has 184 valence electrons. The maximum atomic E-state index is 13.7. The van der Waals surface area contributed by atoms with Gasteiger partial charge in [0.05, 0.1) is 15.6 Å². The molecule has 0 spiro atoms. The molecule has 3 N–H and O–H groups in total. The molecule has 1 aromatic heterocycles. The van der Waals surface area contributed by atoms with E-state index in [9.17, 15) is 23.5 Å². The Kier molecular flexibility index (Phi) is 7.13. The van der Waals surface area contributed by atoms with Gasteiger partial charge < -0.3 is 15.7 Å². The van der Waals surface area contributed by atoms with Gasteiger partial charge in [-0.05, 0) is 69.6 Å². The van der Waals surface area contributed by atoms with Gasteiger partial charge in [-0.1, -0.05) is 12.1 Å². The minimum atomic E-state index is -0.876. The number of carbonyl (C=O) groups excluding carboxylic acids is 1. The Morgan fingerprint density at radius 3 is 2.40 bits per heavy atom. The average molecular weight is 501 g/mol. The maximum Gasteiger partial charge on any atom is 0.323 e. The van der Waals surface area contributed by atoms with Crippen LogP contribution in [0.2, 0.25) is 0 Å². The van der Waals surface area contributed by atoms with E-state index in [4.69, 9.17) is 0 Å². The van der Waals surface area contributed by atoms with E-state index in [1.807, 2.05) is 23.2 Å². The molecular formula is C25H26F2N4O3S. The van der Waals surface area contributed by atoms with Crippen LogP contribution in [0.5, 0.6) is 0 Å². The molecule has 0 bridgehead atoms. The molecule has 1 aliphatic rings. The van der Waals surface area contributed by atoms with Crippen molar-refractivity contribution in [3.63, 3.8) is 0 Å². The third kappa shape index (κ3) is 5.66. The third-order valence-electron chi connectivity index (χ3n) is 6.29. The predicted octanol–water partition coefficient (Wildman–Crippen LogP) is 5.77. The van der Waals surface area contributed by atoms with Crippen LogP contribution in [0.15, 0.2) is 48.7 Å². The summed E-state index contributed by atoms with van der Waals surface area (Å²) in [7, 11) is 0. The van der Waals surface area contributed by atoms with Crippen molar-refractivity contribution < 1.29 is 23.5 Å². The topological polar surface area (TPSA) is 94.6 Å². The van der Waals surface area contributed by atoms with Crippen LogP contribution in [0.1, 0.15) is 37.6 Å². The first-order valence-corrected chi connectivity index (χ1v) is 12.0. The molecule has 0 atom stereocenters. The molecule has 2 heterocycles. The summed E-state index contributed by atoms with van der Waals surface area (Å²) in [5.74, 6) is -2.09. The highest BCUT2D eigenvalue weighted by Crippen LogP contribution is 2.36. The van der Waals surface area contributed by atoms with Crippen molar-refractivity contribution in [1.82, 2.24) is 9.88 Å². The highest BCUT2D eigenvalue weighted by Gasteiger charge is 2.37. The van der Waals surface area contributed by atoms with Crippen molar-refractivity contribution in [2.45, 2.75) is 38.1 Å². The minimum absolute atomic E-state index is 0.116. The van der Waals surface area contributed by atoms with Crippen molar-refractivity contribution in [3.8, 4) is 10.4 Å². The number of benzene rings is 2. The molecule has 10 heteroatoms. The predicted molar refractivity (Wildman–Crippen MR) is 132 cm³/mol. The van der Waals surface area contributed by atoms with Crippen molar-refractivity contribution in [2.75, 3.05) is 23.7 Å². The van der Waals surface area contributed by atoms with E-state index in [-0.39, 0.29) is 5.69 Å². The number of anilines is 2. The van der Waals surface area contributed by atoms with Gasteiger partial charge >= 0.3 is 12.0 Å². The summed E-state index contributed by atoms with van der Waals surface area (Å²) in [5.41, 5.74) is 0.481.